The van der Waals surface area contributed by atoms with E-state index in [1.165, 1.54) is 0 Å². The summed E-state index contributed by atoms with van der Waals surface area (Å²) in [5, 5.41) is 0. The lowest BCUT2D eigenvalue weighted by atomic mass is 9.80. The Morgan fingerprint density at radius 2 is 1.89 bits per heavy atom. The highest BCUT2D eigenvalue weighted by atomic mass is 32.2. The van der Waals surface area contributed by atoms with E-state index >= 15 is 0 Å². The van der Waals surface area contributed by atoms with Crippen LogP contribution in [-0.2, 0) is 22.3 Å². The fourth-order valence-corrected chi connectivity index (χ4v) is 4.04. The Balaban J connectivity index is 2.12. The van der Waals surface area contributed by atoms with Crippen LogP contribution < -0.4 is 10.5 Å². The van der Waals surface area contributed by atoms with Gasteiger partial charge in [-0.25, -0.2) is 13.1 Å². The molecule has 1 aromatic carbocycles. The van der Waals surface area contributed by atoms with E-state index in [4.69, 9.17) is 5.73 Å². The Kier molecular flexibility index (Phi) is 3.75. The summed E-state index contributed by atoms with van der Waals surface area (Å²) in [7, 11) is -3.29. The fourth-order valence-electron chi connectivity index (χ4n) is 2.32. The van der Waals surface area contributed by atoms with E-state index in [1.807, 2.05) is 31.2 Å². The molecule has 0 radical (unpaired) electrons. The first-order valence-corrected chi connectivity index (χ1v) is 7.88. The molecule has 0 saturated heterocycles. The third-order valence-electron chi connectivity index (χ3n) is 3.54. The minimum absolute atomic E-state index is 0.00988. The molecule has 0 unspecified atom stereocenters. The van der Waals surface area contributed by atoms with Crippen LogP contribution in [0.4, 0.5) is 0 Å². The van der Waals surface area contributed by atoms with Crippen molar-refractivity contribution < 1.29 is 8.42 Å². The maximum absolute atomic E-state index is 12.1. The zero-order valence-corrected chi connectivity index (χ0v) is 11.5. The first kappa shape index (κ1) is 13.5. The SMILES string of the molecule is CC1(NS(=O)(=O)Cc2ccccc2CN)CCC1. The average Bonchev–Trinajstić information content (AvgIpc) is 2.26. The molecule has 0 amide bonds. The Morgan fingerprint density at radius 3 is 2.39 bits per heavy atom. The van der Waals surface area contributed by atoms with E-state index in [2.05, 4.69) is 4.72 Å². The highest BCUT2D eigenvalue weighted by Crippen LogP contribution is 2.32. The van der Waals surface area contributed by atoms with Crippen molar-refractivity contribution in [1.82, 2.24) is 4.72 Å². The van der Waals surface area contributed by atoms with E-state index in [-0.39, 0.29) is 11.3 Å². The summed E-state index contributed by atoms with van der Waals surface area (Å²) in [6.45, 7) is 2.33. The molecule has 0 spiro atoms. The summed E-state index contributed by atoms with van der Waals surface area (Å²) in [4.78, 5) is 0. The van der Waals surface area contributed by atoms with Gasteiger partial charge in [-0.3, -0.25) is 0 Å². The molecular weight excluding hydrogens is 248 g/mol. The molecule has 4 nitrogen and oxygen atoms in total. The smallest absolute Gasteiger partial charge is 0.216 e. The Bertz CT molecular complexity index is 522. The van der Waals surface area contributed by atoms with Gasteiger partial charge in [0.1, 0.15) is 0 Å². The minimum atomic E-state index is -3.29. The molecule has 1 saturated carbocycles. The Hall–Kier alpha value is -0.910. The van der Waals surface area contributed by atoms with Crippen molar-refractivity contribution in [2.45, 2.75) is 44.0 Å². The molecular formula is C13H20N2O2S. The minimum Gasteiger partial charge on any atom is -0.326 e. The first-order valence-electron chi connectivity index (χ1n) is 6.23. The largest absolute Gasteiger partial charge is 0.326 e. The Morgan fingerprint density at radius 1 is 1.28 bits per heavy atom. The number of rotatable bonds is 5. The van der Waals surface area contributed by atoms with E-state index in [0.29, 0.717) is 6.54 Å². The van der Waals surface area contributed by atoms with Gasteiger partial charge in [0.05, 0.1) is 5.75 Å². The van der Waals surface area contributed by atoms with Gasteiger partial charge in [-0.1, -0.05) is 24.3 Å². The molecule has 18 heavy (non-hydrogen) atoms. The lowest BCUT2D eigenvalue weighted by molar-refractivity contribution is 0.248. The summed E-state index contributed by atoms with van der Waals surface area (Å²) < 4.78 is 27.0. The van der Waals surface area contributed by atoms with Gasteiger partial charge in [0.25, 0.3) is 0 Å². The molecule has 0 aliphatic heterocycles. The second-order valence-corrected chi connectivity index (χ2v) is 6.97. The maximum Gasteiger partial charge on any atom is 0.216 e. The number of nitrogens with two attached hydrogens (primary N) is 1. The van der Waals surface area contributed by atoms with Crippen LogP contribution in [-0.4, -0.2) is 14.0 Å². The predicted octanol–water partition coefficient (Wildman–Crippen LogP) is 1.51. The quantitative estimate of drug-likeness (QED) is 0.850. The Labute approximate surface area is 109 Å². The number of sulfonamides is 1. The zero-order valence-electron chi connectivity index (χ0n) is 10.6. The summed E-state index contributed by atoms with van der Waals surface area (Å²) in [5.74, 6) is 0.00988. The second kappa shape index (κ2) is 4.99. The molecule has 5 heteroatoms. The molecule has 1 aliphatic carbocycles. The second-order valence-electron chi connectivity index (χ2n) is 5.25. The third kappa shape index (κ3) is 3.10. The van der Waals surface area contributed by atoms with E-state index in [0.717, 1.165) is 30.4 Å². The lowest BCUT2D eigenvalue weighted by Crippen LogP contribution is -2.51. The van der Waals surface area contributed by atoms with Gasteiger partial charge in [-0.05, 0) is 37.3 Å². The van der Waals surface area contributed by atoms with Crippen LogP contribution in [0, 0.1) is 0 Å². The summed E-state index contributed by atoms with van der Waals surface area (Å²) in [6, 6.07) is 7.41. The number of hydrogen-bond acceptors (Lipinski definition) is 3. The molecule has 2 rings (SSSR count). The van der Waals surface area contributed by atoms with Gasteiger partial charge in [0.15, 0.2) is 0 Å². The molecule has 1 aliphatic rings. The van der Waals surface area contributed by atoms with Crippen LogP contribution in [0.25, 0.3) is 0 Å². The number of nitrogens with one attached hydrogen (secondary N) is 1. The third-order valence-corrected chi connectivity index (χ3v) is 5.04. The molecule has 1 aromatic rings. The molecule has 0 atom stereocenters. The molecule has 100 valence electrons. The summed E-state index contributed by atoms with van der Waals surface area (Å²) in [5.41, 5.74) is 7.06. The first-order chi connectivity index (χ1) is 8.44. The predicted molar refractivity (Wildman–Crippen MR) is 72.3 cm³/mol. The van der Waals surface area contributed by atoms with Gasteiger partial charge in [-0.2, -0.15) is 0 Å². The monoisotopic (exact) mass is 268 g/mol. The summed E-state index contributed by atoms with van der Waals surface area (Å²) >= 11 is 0. The topological polar surface area (TPSA) is 72.2 Å². The molecule has 3 N–H and O–H groups in total. The maximum atomic E-state index is 12.1. The molecule has 0 aromatic heterocycles. The zero-order chi connectivity index (χ0) is 13.2. The van der Waals surface area contributed by atoms with Gasteiger partial charge >= 0.3 is 0 Å². The molecule has 0 bridgehead atoms. The highest BCUT2D eigenvalue weighted by molar-refractivity contribution is 7.88. The van der Waals surface area contributed by atoms with Crippen molar-refractivity contribution in [1.29, 1.82) is 0 Å². The standard InChI is InChI=1S/C13H20N2O2S/c1-13(7-4-8-13)15-18(16,17)10-12-6-3-2-5-11(12)9-14/h2-3,5-6,15H,4,7-10,14H2,1H3. The van der Waals surface area contributed by atoms with Crippen LogP contribution in [0.5, 0.6) is 0 Å². The van der Waals surface area contributed by atoms with Gasteiger partial charge in [0.2, 0.25) is 10.0 Å². The van der Waals surface area contributed by atoms with Crippen molar-refractivity contribution in [2.24, 2.45) is 5.73 Å². The van der Waals surface area contributed by atoms with E-state index in [9.17, 15) is 8.42 Å². The van der Waals surface area contributed by atoms with Crippen molar-refractivity contribution in [2.75, 3.05) is 0 Å². The van der Waals surface area contributed by atoms with Gasteiger partial charge in [-0.15, -0.1) is 0 Å². The van der Waals surface area contributed by atoms with Crippen LogP contribution in [0.1, 0.15) is 37.3 Å². The normalized spacial score (nSPS) is 18.3. The molecule has 1 fully saturated rings. The van der Waals surface area contributed by atoms with Crippen molar-refractivity contribution >= 4 is 10.0 Å². The van der Waals surface area contributed by atoms with E-state index < -0.39 is 10.0 Å². The van der Waals surface area contributed by atoms with Crippen molar-refractivity contribution in [3.8, 4) is 0 Å². The highest BCUT2D eigenvalue weighted by Gasteiger charge is 2.35. The van der Waals surface area contributed by atoms with Gasteiger partial charge < -0.3 is 5.73 Å². The van der Waals surface area contributed by atoms with E-state index in [1.54, 1.807) is 0 Å². The number of hydrogen-bond donors (Lipinski definition) is 2. The van der Waals surface area contributed by atoms with Crippen LogP contribution in [0.2, 0.25) is 0 Å². The van der Waals surface area contributed by atoms with Crippen LogP contribution in [0.15, 0.2) is 24.3 Å². The van der Waals surface area contributed by atoms with Gasteiger partial charge in [0, 0.05) is 12.1 Å². The van der Waals surface area contributed by atoms with Crippen molar-refractivity contribution in [3.63, 3.8) is 0 Å². The average molecular weight is 268 g/mol. The van der Waals surface area contributed by atoms with Crippen LogP contribution >= 0.6 is 0 Å². The molecule has 0 heterocycles. The number of benzene rings is 1. The summed E-state index contributed by atoms with van der Waals surface area (Å²) in [6.07, 6.45) is 2.94. The fraction of sp³-hybridized carbons (Fsp3) is 0.538. The van der Waals surface area contributed by atoms with Crippen LogP contribution in [0.3, 0.4) is 0 Å². The lowest BCUT2D eigenvalue weighted by Gasteiger charge is -2.38. The van der Waals surface area contributed by atoms with Crippen molar-refractivity contribution in [3.05, 3.63) is 35.4 Å².